The van der Waals surface area contributed by atoms with Crippen LogP contribution in [0.3, 0.4) is 0 Å². The van der Waals surface area contributed by atoms with E-state index in [1.165, 1.54) is 23.9 Å². The van der Waals surface area contributed by atoms with Crippen LogP contribution in [0.5, 0.6) is 0 Å². The highest BCUT2D eigenvalue weighted by Crippen LogP contribution is 2.13. The van der Waals surface area contributed by atoms with Gasteiger partial charge in [0.05, 0.1) is 12.3 Å². The van der Waals surface area contributed by atoms with E-state index >= 15 is 0 Å². The monoisotopic (exact) mass is 318 g/mol. The molecule has 0 aliphatic heterocycles. The van der Waals surface area contributed by atoms with Gasteiger partial charge >= 0.3 is 5.88 Å². The fraction of sp³-hybridized carbons (Fsp3) is 0.143. The van der Waals surface area contributed by atoms with Crippen LogP contribution in [0.25, 0.3) is 0 Å². The Morgan fingerprint density at radius 3 is 2.77 bits per heavy atom. The number of hydrazone groups is 1. The first kappa shape index (κ1) is 15.6. The highest BCUT2D eigenvalue weighted by atomic mass is 32.1. The average Bonchev–Trinajstić information content (AvgIpc) is 2.97. The third-order valence-electron chi connectivity index (χ3n) is 2.69. The molecule has 0 amide bonds. The van der Waals surface area contributed by atoms with E-state index in [1.807, 2.05) is 30.3 Å². The predicted molar refractivity (Wildman–Crippen MR) is 86.8 cm³/mol. The number of furan rings is 1. The molecule has 0 aliphatic rings. The van der Waals surface area contributed by atoms with E-state index in [-0.39, 0.29) is 11.6 Å². The lowest BCUT2D eigenvalue weighted by Crippen LogP contribution is -2.33. The minimum Gasteiger partial charge on any atom is -0.400 e. The number of benzene rings is 1. The summed E-state index contributed by atoms with van der Waals surface area (Å²) in [6.45, 7) is 0.678. The molecule has 7 nitrogen and oxygen atoms in total. The molecule has 2 aromatic rings. The number of hydrogen-bond donors (Lipinski definition) is 2. The van der Waals surface area contributed by atoms with Crippen LogP contribution in [0, 0.1) is 10.1 Å². The molecule has 0 saturated heterocycles. The van der Waals surface area contributed by atoms with Crippen molar-refractivity contribution >= 4 is 29.4 Å². The van der Waals surface area contributed by atoms with Crippen LogP contribution in [0.4, 0.5) is 5.88 Å². The zero-order valence-electron chi connectivity index (χ0n) is 11.6. The van der Waals surface area contributed by atoms with Crippen molar-refractivity contribution in [2.24, 2.45) is 5.10 Å². The van der Waals surface area contributed by atoms with Crippen molar-refractivity contribution < 1.29 is 9.34 Å². The number of rotatable bonds is 6. The lowest BCUT2D eigenvalue weighted by atomic mass is 10.1. The Labute approximate surface area is 132 Å². The molecule has 8 heteroatoms. The third kappa shape index (κ3) is 4.98. The quantitative estimate of drug-likeness (QED) is 0.367. The number of thiocarbonyl (C=S) groups is 1. The second-order valence-corrected chi connectivity index (χ2v) is 4.70. The van der Waals surface area contributed by atoms with Crippen LogP contribution >= 0.6 is 12.2 Å². The van der Waals surface area contributed by atoms with Crippen molar-refractivity contribution in [1.29, 1.82) is 0 Å². The van der Waals surface area contributed by atoms with Gasteiger partial charge in [-0.2, -0.15) is 5.10 Å². The van der Waals surface area contributed by atoms with Gasteiger partial charge in [0, 0.05) is 6.54 Å². The summed E-state index contributed by atoms with van der Waals surface area (Å²) >= 11 is 5.06. The minimum absolute atomic E-state index is 0.270. The molecule has 22 heavy (non-hydrogen) atoms. The van der Waals surface area contributed by atoms with Crippen molar-refractivity contribution in [2.45, 2.75) is 6.42 Å². The Hall–Kier alpha value is -2.74. The Bertz CT molecular complexity index is 670. The van der Waals surface area contributed by atoms with Crippen molar-refractivity contribution in [3.8, 4) is 0 Å². The lowest BCUT2D eigenvalue weighted by molar-refractivity contribution is -0.402. The third-order valence-corrected chi connectivity index (χ3v) is 2.93. The maximum Gasteiger partial charge on any atom is 0.433 e. The molecule has 1 aromatic heterocycles. The van der Waals surface area contributed by atoms with Crippen LogP contribution in [-0.4, -0.2) is 22.8 Å². The summed E-state index contributed by atoms with van der Waals surface area (Å²) in [6.07, 6.45) is 2.16. The van der Waals surface area contributed by atoms with Gasteiger partial charge in [-0.25, -0.2) is 0 Å². The van der Waals surface area contributed by atoms with E-state index in [9.17, 15) is 10.1 Å². The highest BCUT2D eigenvalue weighted by molar-refractivity contribution is 7.80. The van der Waals surface area contributed by atoms with Gasteiger partial charge in [0.25, 0.3) is 0 Å². The second-order valence-electron chi connectivity index (χ2n) is 4.29. The second kappa shape index (κ2) is 7.89. The van der Waals surface area contributed by atoms with Gasteiger partial charge in [0.1, 0.15) is 4.92 Å². The molecule has 1 aromatic carbocycles. The lowest BCUT2D eigenvalue weighted by Gasteiger charge is -2.06. The van der Waals surface area contributed by atoms with E-state index in [0.717, 1.165) is 6.42 Å². The van der Waals surface area contributed by atoms with E-state index in [1.54, 1.807) is 0 Å². The van der Waals surface area contributed by atoms with Gasteiger partial charge in [-0.1, -0.05) is 30.3 Å². The summed E-state index contributed by atoms with van der Waals surface area (Å²) < 4.78 is 4.91. The molecule has 0 fully saturated rings. The zero-order chi connectivity index (χ0) is 15.8. The predicted octanol–water partition coefficient (Wildman–Crippen LogP) is 2.23. The highest BCUT2D eigenvalue weighted by Gasteiger charge is 2.10. The van der Waals surface area contributed by atoms with Gasteiger partial charge in [-0.3, -0.25) is 15.5 Å². The average molecular weight is 318 g/mol. The van der Waals surface area contributed by atoms with Crippen LogP contribution in [-0.2, 0) is 6.42 Å². The largest absolute Gasteiger partial charge is 0.433 e. The smallest absolute Gasteiger partial charge is 0.400 e. The first-order valence-corrected chi connectivity index (χ1v) is 6.91. The van der Waals surface area contributed by atoms with Crippen molar-refractivity contribution in [2.75, 3.05) is 6.54 Å². The van der Waals surface area contributed by atoms with E-state index in [0.29, 0.717) is 11.7 Å². The SMILES string of the molecule is O=[N+]([O-])c1ccc(/C=N\NC(=S)NCCc2ccccc2)o1. The first-order valence-electron chi connectivity index (χ1n) is 6.50. The summed E-state index contributed by atoms with van der Waals surface area (Å²) in [7, 11) is 0. The molecule has 0 saturated carbocycles. The van der Waals surface area contributed by atoms with Crippen LogP contribution in [0.1, 0.15) is 11.3 Å². The number of nitrogens with zero attached hydrogens (tertiary/aromatic N) is 2. The molecular formula is C14H14N4O3S. The van der Waals surface area contributed by atoms with Crippen molar-refractivity contribution in [3.63, 3.8) is 0 Å². The minimum atomic E-state index is -0.611. The summed E-state index contributed by atoms with van der Waals surface area (Å²) in [4.78, 5) is 9.84. The van der Waals surface area contributed by atoms with E-state index in [4.69, 9.17) is 16.6 Å². The zero-order valence-corrected chi connectivity index (χ0v) is 12.4. The van der Waals surface area contributed by atoms with E-state index in [2.05, 4.69) is 15.8 Å². The first-order chi connectivity index (χ1) is 10.6. The molecule has 114 valence electrons. The molecule has 1 heterocycles. The summed E-state index contributed by atoms with van der Waals surface area (Å²) in [5, 5.41) is 17.7. The van der Waals surface area contributed by atoms with Crippen LogP contribution in [0.2, 0.25) is 0 Å². The van der Waals surface area contributed by atoms with Gasteiger partial charge in [-0.15, -0.1) is 0 Å². The summed E-state index contributed by atoms with van der Waals surface area (Å²) in [5.41, 5.74) is 3.83. The van der Waals surface area contributed by atoms with Gasteiger partial charge in [0.2, 0.25) is 0 Å². The molecule has 0 atom stereocenters. The van der Waals surface area contributed by atoms with Crippen molar-refractivity contribution in [3.05, 3.63) is 63.9 Å². The summed E-state index contributed by atoms with van der Waals surface area (Å²) in [5.74, 6) is -0.0590. The maximum atomic E-state index is 10.5. The van der Waals surface area contributed by atoms with Crippen LogP contribution < -0.4 is 10.7 Å². The normalized spacial score (nSPS) is 10.5. The molecule has 0 spiro atoms. The number of nitro groups is 1. The molecular weight excluding hydrogens is 304 g/mol. The molecule has 0 radical (unpaired) electrons. The van der Waals surface area contributed by atoms with E-state index < -0.39 is 4.92 Å². The molecule has 0 unspecified atom stereocenters. The molecule has 0 aliphatic carbocycles. The van der Waals surface area contributed by atoms with Gasteiger partial charge in [0.15, 0.2) is 10.9 Å². The molecule has 2 N–H and O–H groups in total. The Morgan fingerprint density at radius 2 is 2.09 bits per heavy atom. The Kier molecular flexibility index (Phi) is 5.61. The van der Waals surface area contributed by atoms with Crippen molar-refractivity contribution in [1.82, 2.24) is 10.7 Å². The molecule has 0 bridgehead atoms. The van der Waals surface area contributed by atoms with Gasteiger partial charge in [-0.05, 0) is 30.3 Å². The standard InChI is InChI=1S/C14H14N4O3S/c19-18(20)13-7-6-12(21-13)10-16-17-14(22)15-9-8-11-4-2-1-3-5-11/h1-7,10H,8-9H2,(H2,15,17,22)/b16-10-. The Balaban J connectivity index is 1.70. The topological polar surface area (TPSA) is 92.7 Å². The Morgan fingerprint density at radius 1 is 1.32 bits per heavy atom. The fourth-order valence-electron chi connectivity index (χ4n) is 1.67. The van der Waals surface area contributed by atoms with Gasteiger partial charge < -0.3 is 9.73 Å². The fourth-order valence-corrected chi connectivity index (χ4v) is 1.82. The molecule has 2 rings (SSSR count). The number of hydrogen-bond acceptors (Lipinski definition) is 5. The van der Waals surface area contributed by atoms with Crippen LogP contribution in [0.15, 0.2) is 52.0 Å². The summed E-state index contributed by atoms with van der Waals surface area (Å²) in [6, 6.07) is 12.7. The number of nitrogens with one attached hydrogen (secondary N) is 2. The maximum absolute atomic E-state index is 10.5.